The Balaban J connectivity index is 1.84. The lowest BCUT2D eigenvalue weighted by molar-refractivity contribution is 0.395. The van der Waals surface area contributed by atoms with E-state index in [-0.39, 0.29) is 11.8 Å². The summed E-state index contributed by atoms with van der Waals surface area (Å²) in [6.45, 7) is 0.592. The predicted octanol–water partition coefficient (Wildman–Crippen LogP) is 2.75. The number of benzene rings is 1. The summed E-state index contributed by atoms with van der Waals surface area (Å²) in [5.41, 5.74) is 1.81. The second-order valence-corrected chi connectivity index (χ2v) is 7.22. The van der Waals surface area contributed by atoms with Gasteiger partial charge in [0.1, 0.15) is 0 Å². The molecule has 1 aromatic heterocycles. The van der Waals surface area contributed by atoms with Crippen LogP contribution in [0.1, 0.15) is 30.0 Å². The van der Waals surface area contributed by atoms with Crippen LogP contribution in [0.2, 0.25) is 0 Å². The normalized spacial score (nSPS) is 19.7. The molecule has 0 bridgehead atoms. The molecule has 1 fully saturated rings. The number of hydrogen-bond acceptors (Lipinski definition) is 3. The molecule has 0 N–H and O–H groups in total. The molecule has 0 amide bonds. The monoisotopic (exact) mass is 302 g/mol. The lowest BCUT2D eigenvalue weighted by Gasteiger charge is -2.24. The van der Waals surface area contributed by atoms with E-state index in [9.17, 15) is 8.42 Å². The van der Waals surface area contributed by atoms with Gasteiger partial charge in [-0.25, -0.2) is 8.42 Å². The molecule has 1 atom stereocenters. The van der Waals surface area contributed by atoms with Gasteiger partial charge in [-0.1, -0.05) is 36.4 Å². The maximum absolute atomic E-state index is 12.7. The Morgan fingerprint density at radius 2 is 1.95 bits per heavy atom. The molecule has 0 aliphatic carbocycles. The molecule has 0 spiro atoms. The molecule has 1 saturated heterocycles. The van der Waals surface area contributed by atoms with Crippen molar-refractivity contribution >= 4 is 10.0 Å². The Kier molecular flexibility index (Phi) is 4.03. The van der Waals surface area contributed by atoms with Crippen molar-refractivity contribution in [3.63, 3.8) is 0 Å². The van der Waals surface area contributed by atoms with Gasteiger partial charge >= 0.3 is 0 Å². The van der Waals surface area contributed by atoms with Crippen molar-refractivity contribution in [2.75, 3.05) is 6.54 Å². The van der Waals surface area contributed by atoms with Crippen LogP contribution in [0.25, 0.3) is 0 Å². The van der Waals surface area contributed by atoms with Gasteiger partial charge in [-0.15, -0.1) is 0 Å². The molecule has 5 heteroatoms. The van der Waals surface area contributed by atoms with Crippen LogP contribution in [-0.4, -0.2) is 24.3 Å². The molecule has 0 saturated carbocycles. The number of pyridine rings is 1. The highest BCUT2D eigenvalue weighted by atomic mass is 32.2. The third-order valence-electron chi connectivity index (χ3n) is 3.82. The zero-order chi connectivity index (χ0) is 14.7. The lowest BCUT2D eigenvalue weighted by Crippen LogP contribution is -2.31. The highest BCUT2D eigenvalue weighted by molar-refractivity contribution is 7.88. The molecular weight excluding hydrogens is 284 g/mol. The van der Waals surface area contributed by atoms with E-state index in [0.717, 1.165) is 24.0 Å². The molecule has 2 aromatic rings. The number of nitrogens with zero attached hydrogens (tertiary/aromatic N) is 2. The van der Waals surface area contributed by atoms with Crippen molar-refractivity contribution in [3.05, 3.63) is 66.0 Å². The van der Waals surface area contributed by atoms with Crippen LogP contribution in [0.5, 0.6) is 0 Å². The number of hydrogen-bond donors (Lipinski definition) is 0. The van der Waals surface area contributed by atoms with E-state index < -0.39 is 10.0 Å². The second-order valence-electron chi connectivity index (χ2n) is 5.30. The molecule has 110 valence electrons. The van der Waals surface area contributed by atoms with Crippen molar-refractivity contribution in [1.29, 1.82) is 0 Å². The van der Waals surface area contributed by atoms with Crippen molar-refractivity contribution in [2.24, 2.45) is 0 Å². The quantitative estimate of drug-likeness (QED) is 0.872. The Labute approximate surface area is 125 Å². The maximum Gasteiger partial charge on any atom is 0.218 e. The van der Waals surface area contributed by atoms with E-state index in [4.69, 9.17) is 0 Å². The largest absolute Gasteiger partial charge is 0.264 e. The van der Waals surface area contributed by atoms with Gasteiger partial charge in [0.05, 0.1) is 11.8 Å². The second kappa shape index (κ2) is 5.95. The van der Waals surface area contributed by atoms with Crippen LogP contribution >= 0.6 is 0 Å². The van der Waals surface area contributed by atoms with Crippen LogP contribution in [-0.2, 0) is 15.8 Å². The minimum Gasteiger partial charge on any atom is -0.264 e. The molecule has 1 aromatic carbocycles. The van der Waals surface area contributed by atoms with E-state index in [1.54, 1.807) is 16.7 Å². The highest BCUT2D eigenvalue weighted by Gasteiger charge is 2.35. The van der Waals surface area contributed by atoms with Crippen molar-refractivity contribution < 1.29 is 8.42 Å². The van der Waals surface area contributed by atoms with Crippen LogP contribution < -0.4 is 0 Å². The molecule has 1 aliphatic rings. The average Bonchev–Trinajstić information content (AvgIpc) is 2.99. The molecule has 21 heavy (non-hydrogen) atoms. The fourth-order valence-corrected chi connectivity index (χ4v) is 4.65. The van der Waals surface area contributed by atoms with E-state index in [2.05, 4.69) is 4.98 Å². The molecular formula is C16H18N2O2S. The fourth-order valence-electron chi connectivity index (χ4n) is 2.85. The van der Waals surface area contributed by atoms with E-state index >= 15 is 0 Å². The molecule has 0 radical (unpaired) electrons. The Bertz CT molecular complexity index is 687. The molecule has 0 unspecified atom stereocenters. The van der Waals surface area contributed by atoms with Crippen LogP contribution in [0.3, 0.4) is 0 Å². The summed E-state index contributed by atoms with van der Waals surface area (Å²) in [5, 5.41) is 0. The minimum atomic E-state index is -3.30. The molecule has 3 rings (SSSR count). The summed E-state index contributed by atoms with van der Waals surface area (Å²) in [4.78, 5) is 4.11. The average molecular weight is 302 g/mol. The topological polar surface area (TPSA) is 50.3 Å². The molecule has 1 aliphatic heterocycles. The lowest BCUT2D eigenvalue weighted by atomic mass is 10.1. The first kappa shape index (κ1) is 14.2. The van der Waals surface area contributed by atoms with Gasteiger partial charge < -0.3 is 0 Å². The van der Waals surface area contributed by atoms with Crippen LogP contribution in [0.15, 0.2) is 54.9 Å². The van der Waals surface area contributed by atoms with Gasteiger partial charge in [0.2, 0.25) is 10.0 Å². The zero-order valence-corrected chi connectivity index (χ0v) is 12.5. The van der Waals surface area contributed by atoms with Crippen molar-refractivity contribution in [2.45, 2.75) is 24.6 Å². The number of rotatable bonds is 4. The summed E-state index contributed by atoms with van der Waals surface area (Å²) in [5.74, 6) is 0.0601. The Morgan fingerprint density at radius 3 is 2.67 bits per heavy atom. The van der Waals surface area contributed by atoms with E-state index in [0.29, 0.717) is 6.54 Å². The van der Waals surface area contributed by atoms with Gasteiger partial charge in [-0.2, -0.15) is 4.31 Å². The summed E-state index contributed by atoms with van der Waals surface area (Å²) in [7, 11) is -3.30. The Hall–Kier alpha value is -1.72. The van der Waals surface area contributed by atoms with Gasteiger partial charge in [-0.05, 0) is 30.0 Å². The first-order valence-corrected chi connectivity index (χ1v) is 8.71. The smallest absolute Gasteiger partial charge is 0.218 e. The van der Waals surface area contributed by atoms with Gasteiger partial charge in [0, 0.05) is 18.9 Å². The summed E-state index contributed by atoms with van der Waals surface area (Å²) < 4.78 is 27.0. The SMILES string of the molecule is O=S(=O)(Cc1ccccc1)N1CCC[C@H]1c1cccnc1. The first-order valence-electron chi connectivity index (χ1n) is 7.10. The number of aromatic nitrogens is 1. The summed E-state index contributed by atoms with van der Waals surface area (Å²) >= 11 is 0. The first-order chi connectivity index (χ1) is 10.2. The maximum atomic E-state index is 12.7. The van der Waals surface area contributed by atoms with Crippen molar-refractivity contribution in [1.82, 2.24) is 9.29 Å². The predicted molar refractivity (Wildman–Crippen MR) is 82.0 cm³/mol. The third-order valence-corrected chi connectivity index (χ3v) is 5.67. The van der Waals surface area contributed by atoms with Crippen molar-refractivity contribution in [3.8, 4) is 0 Å². The standard InChI is InChI=1S/C16H18N2O2S/c19-21(20,13-14-6-2-1-3-7-14)18-11-5-9-16(18)15-8-4-10-17-12-15/h1-4,6-8,10,12,16H,5,9,11,13H2/t16-/m0/s1. The van der Waals surface area contributed by atoms with E-state index in [1.165, 1.54) is 0 Å². The van der Waals surface area contributed by atoms with Gasteiger partial charge in [0.25, 0.3) is 0 Å². The van der Waals surface area contributed by atoms with Crippen LogP contribution in [0.4, 0.5) is 0 Å². The van der Waals surface area contributed by atoms with Crippen LogP contribution in [0, 0.1) is 0 Å². The Morgan fingerprint density at radius 1 is 1.14 bits per heavy atom. The minimum absolute atomic E-state index is 0.0601. The molecule has 4 nitrogen and oxygen atoms in total. The number of sulfonamides is 1. The van der Waals surface area contributed by atoms with Gasteiger partial charge in [-0.3, -0.25) is 4.98 Å². The highest BCUT2D eigenvalue weighted by Crippen LogP contribution is 2.34. The zero-order valence-electron chi connectivity index (χ0n) is 11.7. The van der Waals surface area contributed by atoms with Gasteiger partial charge in [0.15, 0.2) is 0 Å². The summed E-state index contributed by atoms with van der Waals surface area (Å²) in [6.07, 6.45) is 5.23. The third kappa shape index (κ3) is 3.14. The summed E-state index contributed by atoms with van der Waals surface area (Å²) in [6, 6.07) is 13.1. The van der Waals surface area contributed by atoms with E-state index in [1.807, 2.05) is 42.5 Å². The molecule has 2 heterocycles. The fraction of sp³-hybridized carbons (Fsp3) is 0.312.